The van der Waals surface area contributed by atoms with Gasteiger partial charge in [0.2, 0.25) is 0 Å². The van der Waals surface area contributed by atoms with Gasteiger partial charge in [0.15, 0.2) is 5.65 Å². The van der Waals surface area contributed by atoms with Crippen LogP contribution in [0.5, 0.6) is 0 Å². The van der Waals surface area contributed by atoms with Crippen molar-refractivity contribution in [1.82, 2.24) is 29.7 Å². The molecule has 0 bridgehead atoms. The summed E-state index contributed by atoms with van der Waals surface area (Å²) in [5.74, 6) is 1.54. The van der Waals surface area contributed by atoms with E-state index in [1.807, 2.05) is 20.0 Å². The van der Waals surface area contributed by atoms with Crippen LogP contribution < -0.4 is 0 Å². The van der Waals surface area contributed by atoms with Crippen molar-refractivity contribution in [3.05, 3.63) is 40.9 Å². The maximum absolute atomic E-state index is 13.2. The quantitative estimate of drug-likeness (QED) is 0.500. The average molecular weight is 465 g/mol. The number of aryl methyl sites for hydroxylation is 2. The number of alkyl halides is 1. The molecule has 3 aliphatic rings. The van der Waals surface area contributed by atoms with E-state index in [1.165, 1.54) is 12.8 Å². The topological polar surface area (TPSA) is 78.6 Å². The molecular formula is C26H33FN6O. The Balaban J connectivity index is 1.32. The summed E-state index contributed by atoms with van der Waals surface area (Å²) in [6, 6.07) is 0.567. The molecule has 180 valence electrons. The molecule has 0 aromatic carbocycles. The van der Waals surface area contributed by atoms with Gasteiger partial charge in [-0.15, -0.1) is 0 Å². The van der Waals surface area contributed by atoms with Crippen molar-refractivity contribution < 1.29 is 9.13 Å². The Labute approximate surface area is 199 Å². The molecule has 2 saturated carbocycles. The highest BCUT2D eigenvalue weighted by Crippen LogP contribution is 2.41. The minimum Gasteiger partial charge on any atom is -0.373 e. The zero-order chi connectivity index (χ0) is 23.2. The first-order chi connectivity index (χ1) is 16.6. The summed E-state index contributed by atoms with van der Waals surface area (Å²) < 4.78 is 21.5. The Morgan fingerprint density at radius 1 is 0.941 bits per heavy atom. The van der Waals surface area contributed by atoms with Crippen LogP contribution in [-0.2, 0) is 4.74 Å². The smallest absolute Gasteiger partial charge is 0.182 e. The number of aromatic nitrogens is 6. The molecular weight excluding hydrogens is 431 g/mol. The summed E-state index contributed by atoms with van der Waals surface area (Å²) in [6.45, 7) is 4.43. The Morgan fingerprint density at radius 3 is 2.50 bits per heavy atom. The lowest BCUT2D eigenvalue weighted by molar-refractivity contribution is 0.00390. The van der Waals surface area contributed by atoms with E-state index in [4.69, 9.17) is 24.7 Å². The van der Waals surface area contributed by atoms with Crippen molar-refractivity contribution in [3.8, 4) is 0 Å². The van der Waals surface area contributed by atoms with Gasteiger partial charge in [-0.05, 0) is 71.1 Å². The van der Waals surface area contributed by atoms with Crippen molar-refractivity contribution in [2.75, 3.05) is 13.3 Å². The van der Waals surface area contributed by atoms with E-state index in [2.05, 4.69) is 16.0 Å². The maximum atomic E-state index is 13.2. The van der Waals surface area contributed by atoms with Gasteiger partial charge in [-0.2, -0.15) is 5.10 Å². The molecule has 2 atom stereocenters. The van der Waals surface area contributed by atoms with Gasteiger partial charge in [-0.3, -0.25) is 9.07 Å². The van der Waals surface area contributed by atoms with E-state index in [0.29, 0.717) is 18.3 Å². The molecule has 6 rings (SSSR count). The van der Waals surface area contributed by atoms with Gasteiger partial charge in [0.1, 0.15) is 11.3 Å². The van der Waals surface area contributed by atoms with Crippen molar-refractivity contribution in [1.29, 1.82) is 0 Å². The summed E-state index contributed by atoms with van der Waals surface area (Å²) in [5.41, 5.74) is 5.50. The fourth-order valence-electron chi connectivity index (χ4n) is 5.53. The number of hydrogen-bond donors (Lipinski definition) is 0. The Bertz CT molecular complexity index is 1180. The lowest BCUT2D eigenvalue weighted by Gasteiger charge is -2.30. The highest BCUT2D eigenvalue weighted by molar-refractivity contribution is 5.73. The average Bonchev–Trinajstić information content (AvgIpc) is 3.60. The van der Waals surface area contributed by atoms with Crippen LogP contribution in [0.3, 0.4) is 0 Å². The molecule has 0 unspecified atom stereocenters. The Morgan fingerprint density at radius 2 is 1.74 bits per heavy atom. The van der Waals surface area contributed by atoms with E-state index in [9.17, 15) is 4.39 Å². The molecule has 0 spiro atoms. The third-order valence-corrected chi connectivity index (χ3v) is 8.00. The van der Waals surface area contributed by atoms with E-state index in [0.717, 1.165) is 72.5 Å². The molecule has 7 nitrogen and oxygen atoms in total. The zero-order valence-electron chi connectivity index (χ0n) is 20.1. The van der Waals surface area contributed by atoms with Crippen LogP contribution in [0.4, 0.5) is 4.39 Å². The van der Waals surface area contributed by atoms with Gasteiger partial charge in [-0.1, -0.05) is 0 Å². The molecule has 34 heavy (non-hydrogen) atoms. The van der Waals surface area contributed by atoms with Crippen molar-refractivity contribution in [2.24, 2.45) is 5.92 Å². The normalized spacial score (nSPS) is 27.9. The van der Waals surface area contributed by atoms with Gasteiger partial charge in [0.05, 0.1) is 42.1 Å². The zero-order valence-corrected chi connectivity index (χ0v) is 20.1. The second-order valence-electron chi connectivity index (χ2n) is 10.5. The Kier molecular flexibility index (Phi) is 5.79. The lowest BCUT2D eigenvalue weighted by atomic mass is 9.80. The van der Waals surface area contributed by atoms with Gasteiger partial charge >= 0.3 is 0 Å². The third kappa shape index (κ3) is 4.21. The first-order valence-corrected chi connectivity index (χ1v) is 12.8. The van der Waals surface area contributed by atoms with Crippen LogP contribution in [0, 0.1) is 19.8 Å². The molecule has 3 aromatic heterocycles. The van der Waals surface area contributed by atoms with Crippen molar-refractivity contribution in [3.63, 3.8) is 0 Å². The molecule has 3 fully saturated rings. The first kappa shape index (κ1) is 22.0. The lowest BCUT2D eigenvalue weighted by Crippen LogP contribution is -2.22. The van der Waals surface area contributed by atoms with E-state index in [-0.39, 0.29) is 30.5 Å². The van der Waals surface area contributed by atoms with E-state index >= 15 is 0 Å². The fraction of sp³-hybridized carbons (Fsp3) is 0.654. The largest absolute Gasteiger partial charge is 0.373 e. The van der Waals surface area contributed by atoms with Gasteiger partial charge in [0.25, 0.3) is 0 Å². The molecule has 4 heterocycles. The minimum atomic E-state index is -0.221. The molecule has 8 heteroatoms. The number of halogens is 1. The summed E-state index contributed by atoms with van der Waals surface area (Å²) in [7, 11) is 0. The second-order valence-corrected chi connectivity index (χ2v) is 10.5. The molecule has 2 aliphatic carbocycles. The minimum absolute atomic E-state index is 0.0137. The molecule has 0 radical (unpaired) electrons. The van der Waals surface area contributed by atoms with Gasteiger partial charge < -0.3 is 4.74 Å². The molecule has 3 aromatic rings. The van der Waals surface area contributed by atoms with Crippen molar-refractivity contribution in [2.45, 2.75) is 89.2 Å². The number of rotatable bonds is 5. The monoisotopic (exact) mass is 464 g/mol. The number of fused-ring (bicyclic) bond motifs is 1. The van der Waals surface area contributed by atoms with Crippen LogP contribution in [0.25, 0.3) is 11.2 Å². The summed E-state index contributed by atoms with van der Waals surface area (Å²) >= 11 is 0. The molecule has 0 N–H and O–H groups in total. The SMILES string of the molecule is Cc1nc2nc([C@@H]3CCO[C@H](c4cnn(C5CC5)c4)C3)nc(C3CCC(CF)CC3)c2nc1C. The fourth-order valence-corrected chi connectivity index (χ4v) is 5.53. The van der Waals surface area contributed by atoms with Crippen LogP contribution in [0.15, 0.2) is 12.4 Å². The van der Waals surface area contributed by atoms with Crippen molar-refractivity contribution >= 4 is 11.2 Å². The highest BCUT2D eigenvalue weighted by Gasteiger charge is 2.32. The third-order valence-electron chi connectivity index (χ3n) is 8.00. The summed E-state index contributed by atoms with van der Waals surface area (Å²) in [6.07, 6.45) is 12.0. The summed E-state index contributed by atoms with van der Waals surface area (Å²) in [4.78, 5) is 19.8. The standard InChI is InChI=1S/C26H33FN6O/c1-15-16(2)30-26-24(29-15)23(18-5-3-17(12-27)4-6-18)31-25(32-26)19-9-10-34-22(11-19)20-13-28-33(14-20)21-7-8-21/h13-14,17-19,21-22H,3-12H2,1-2H3/t17?,18?,19-,22+/m1/s1. The molecule has 1 saturated heterocycles. The Hall–Kier alpha value is -2.48. The van der Waals surface area contributed by atoms with Gasteiger partial charge in [-0.25, -0.2) is 19.9 Å². The molecule has 0 amide bonds. The predicted octanol–water partition coefficient (Wildman–Crippen LogP) is 5.45. The number of ether oxygens (including phenoxy) is 1. The number of nitrogens with zero attached hydrogens (tertiary/aromatic N) is 6. The maximum Gasteiger partial charge on any atom is 0.182 e. The molecule has 1 aliphatic heterocycles. The second kappa shape index (κ2) is 8.95. The van der Waals surface area contributed by atoms with E-state index in [1.54, 1.807) is 0 Å². The highest BCUT2D eigenvalue weighted by atomic mass is 19.1. The van der Waals surface area contributed by atoms with Crippen LogP contribution in [0.2, 0.25) is 0 Å². The first-order valence-electron chi connectivity index (χ1n) is 12.8. The van der Waals surface area contributed by atoms with Crippen LogP contribution in [-0.4, -0.2) is 43.0 Å². The predicted molar refractivity (Wildman–Crippen MR) is 126 cm³/mol. The van der Waals surface area contributed by atoms with Gasteiger partial charge in [0, 0.05) is 30.2 Å². The van der Waals surface area contributed by atoms with E-state index < -0.39 is 0 Å². The van der Waals surface area contributed by atoms with Crippen LogP contribution in [0.1, 0.15) is 104 Å². The summed E-state index contributed by atoms with van der Waals surface area (Å²) in [5, 5.41) is 4.56. The number of hydrogen-bond acceptors (Lipinski definition) is 6. The van der Waals surface area contributed by atoms with Crippen LogP contribution >= 0.6 is 0 Å².